The van der Waals surface area contributed by atoms with Gasteiger partial charge in [-0.05, 0) is 34.9 Å². The second-order valence-electron chi connectivity index (χ2n) is 3.58. The zero-order valence-corrected chi connectivity index (χ0v) is 9.91. The minimum Gasteiger partial charge on any atom is -0.740 e. The Kier molecular flexibility index (Phi) is 3.56. The van der Waals surface area contributed by atoms with E-state index in [1.807, 2.05) is 24.3 Å². The van der Waals surface area contributed by atoms with Gasteiger partial charge in [0.1, 0.15) is 17.1 Å². The van der Waals surface area contributed by atoms with Crippen LogP contribution in [0.1, 0.15) is 5.56 Å². The van der Waals surface area contributed by atoms with Crippen molar-refractivity contribution >= 4 is 22.1 Å². The Labute approximate surface area is 102 Å². The maximum Gasteiger partial charge on any atom is 0.140 e. The zero-order chi connectivity index (χ0) is 12.3. The molecule has 0 aliphatic rings. The highest BCUT2D eigenvalue weighted by molar-refractivity contribution is 7.74. The van der Waals surface area contributed by atoms with E-state index < -0.39 is 11.4 Å². The molecule has 0 amide bonds. The summed E-state index contributed by atoms with van der Waals surface area (Å²) in [5.41, 5.74) is 0.999. The van der Waals surface area contributed by atoms with Crippen LogP contribution in [-0.2, 0) is 17.8 Å². The summed E-state index contributed by atoms with van der Waals surface area (Å²) in [4.78, 5) is 0. The monoisotopic (exact) mass is 247 g/mol. The van der Waals surface area contributed by atoms with E-state index in [1.165, 1.54) is 0 Å². The average Bonchev–Trinajstić information content (AvgIpc) is 2.28. The second-order valence-corrected chi connectivity index (χ2v) is 4.16. The van der Waals surface area contributed by atoms with Gasteiger partial charge in [0.2, 0.25) is 0 Å². The average molecular weight is 247 g/mol. The number of rotatable bonds is 4. The van der Waals surface area contributed by atoms with Crippen molar-refractivity contribution in [2.45, 2.75) is 6.42 Å². The van der Waals surface area contributed by atoms with Crippen molar-refractivity contribution in [3.05, 3.63) is 54.6 Å². The Balaban J connectivity index is 2.57. The van der Waals surface area contributed by atoms with E-state index in [-0.39, 0.29) is 0 Å². The smallest absolute Gasteiger partial charge is 0.140 e. The topological polar surface area (TPSA) is 49.4 Å². The van der Waals surface area contributed by atoms with Crippen LogP contribution >= 0.6 is 0 Å². The van der Waals surface area contributed by atoms with Crippen LogP contribution in [0.4, 0.5) is 0 Å². The SMILES string of the molecule is C=CCc1cc(OS(=O)[O-])cc2ccccc12. The van der Waals surface area contributed by atoms with Crippen LogP contribution in [0.3, 0.4) is 0 Å². The van der Waals surface area contributed by atoms with Crippen molar-refractivity contribution in [1.82, 2.24) is 0 Å². The number of allylic oxidation sites excluding steroid dienone is 1. The second kappa shape index (κ2) is 5.12. The molecule has 0 aliphatic heterocycles. The molecular formula is C13H11O3S-. The van der Waals surface area contributed by atoms with E-state index in [0.717, 1.165) is 16.3 Å². The quantitative estimate of drug-likeness (QED) is 0.616. The fourth-order valence-corrected chi connectivity index (χ4v) is 2.06. The van der Waals surface area contributed by atoms with Gasteiger partial charge in [0.15, 0.2) is 0 Å². The van der Waals surface area contributed by atoms with Gasteiger partial charge in [-0.2, -0.15) is 0 Å². The van der Waals surface area contributed by atoms with E-state index in [4.69, 9.17) is 4.18 Å². The van der Waals surface area contributed by atoms with Crippen molar-refractivity contribution in [1.29, 1.82) is 0 Å². The van der Waals surface area contributed by atoms with Crippen molar-refractivity contribution < 1.29 is 12.9 Å². The van der Waals surface area contributed by atoms with E-state index in [9.17, 15) is 8.76 Å². The Bertz CT molecular complexity index is 578. The normalized spacial score (nSPS) is 12.3. The van der Waals surface area contributed by atoms with Crippen LogP contribution in [0.5, 0.6) is 5.75 Å². The first-order chi connectivity index (χ1) is 8.20. The molecule has 0 fully saturated rings. The van der Waals surface area contributed by atoms with Gasteiger partial charge in [0.05, 0.1) is 0 Å². The van der Waals surface area contributed by atoms with Crippen LogP contribution < -0.4 is 4.18 Å². The summed E-state index contributed by atoms with van der Waals surface area (Å²) in [7, 11) is 0. The van der Waals surface area contributed by atoms with Crippen LogP contribution in [0, 0.1) is 0 Å². The molecule has 0 bridgehead atoms. The number of hydrogen-bond acceptors (Lipinski definition) is 3. The van der Waals surface area contributed by atoms with Gasteiger partial charge in [0.25, 0.3) is 0 Å². The predicted octanol–water partition coefficient (Wildman–Crippen LogP) is 2.74. The Morgan fingerprint density at radius 1 is 1.35 bits per heavy atom. The molecule has 1 unspecified atom stereocenters. The predicted molar refractivity (Wildman–Crippen MR) is 67.4 cm³/mol. The molecule has 0 N–H and O–H groups in total. The molecule has 88 valence electrons. The Hall–Kier alpha value is -1.65. The lowest BCUT2D eigenvalue weighted by Crippen LogP contribution is -1.98. The van der Waals surface area contributed by atoms with Gasteiger partial charge in [-0.15, -0.1) is 6.58 Å². The first kappa shape index (κ1) is 11.8. The highest BCUT2D eigenvalue weighted by Gasteiger charge is 2.04. The third-order valence-corrected chi connectivity index (χ3v) is 2.78. The highest BCUT2D eigenvalue weighted by Crippen LogP contribution is 2.26. The maximum absolute atomic E-state index is 10.5. The van der Waals surface area contributed by atoms with Gasteiger partial charge in [-0.3, -0.25) is 0 Å². The molecule has 1 atom stereocenters. The van der Waals surface area contributed by atoms with Gasteiger partial charge in [0, 0.05) is 0 Å². The lowest BCUT2D eigenvalue weighted by Gasteiger charge is -2.11. The fraction of sp³-hybridized carbons (Fsp3) is 0.0769. The van der Waals surface area contributed by atoms with Crippen molar-refractivity contribution in [3.8, 4) is 5.75 Å². The summed E-state index contributed by atoms with van der Waals surface area (Å²) >= 11 is -2.55. The number of fused-ring (bicyclic) bond motifs is 1. The summed E-state index contributed by atoms with van der Waals surface area (Å²) in [5.74, 6) is 0.328. The molecule has 0 saturated heterocycles. The molecule has 2 aromatic rings. The summed E-state index contributed by atoms with van der Waals surface area (Å²) in [6, 6.07) is 11.2. The Morgan fingerprint density at radius 2 is 2.12 bits per heavy atom. The molecule has 0 spiro atoms. The van der Waals surface area contributed by atoms with Gasteiger partial charge in [-0.25, -0.2) is 4.21 Å². The van der Waals surface area contributed by atoms with Gasteiger partial charge >= 0.3 is 0 Å². The van der Waals surface area contributed by atoms with E-state index >= 15 is 0 Å². The minimum absolute atomic E-state index is 0.328. The van der Waals surface area contributed by atoms with Crippen molar-refractivity contribution in [3.63, 3.8) is 0 Å². The fourth-order valence-electron chi connectivity index (χ4n) is 1.81. The molecule has 17 heavy (non-hydrogen) atoms. The van der Waals surface area contributed by atoms with Crippen LogP contribution in [-0.4, -0.2) is 8.76 Å². The first-order valence-corrected chi connectivity index (χ1v) is 6.11. The molecule has 0 saturated carbocycles. The van der Waals surface area contributed by atoms with Gasteiger partial charge < -0.3 is 8.74 Å². The third-order valence-electron chi connectivity index (χ3n) is 2.45. The molecule has 2 aromatic carbocycles. The number of hydrogen-bond donors (Lipinski definition) is 0. The Morgan fingerprint density at radius 3 is 2.82 bits per heavy atom. The molecule has 4 heteroatoms. The molecule has 0 aliphatic carbocycles. The van der Waals surface area contributed by atoms with Gasteiger partial charge in [-0.1, -0.05) is 30.3 Å². The van der Waals surface area contributed by atoms with E-state index in [2.05, 4.69) is 6.58 Å². The van der Waals surface area contributed by atoms with E-state index in [0.29, 0.717) is 12.2 Å². The molecular weight excluding hydrogens is 236 g/mol. The third kappa shape index (κ3) is 2.72. The zero-order valence-electron chi connectivity index (χ0n) is 9.09. The van der Waals surface area contributed by atoms with Crippen molar-refractivity contribution in [2.24, 2.45) is 0 Å². The molecule has 3 nitrogen and oxygen atoms in total. The van der Waals surface area contributed by atoms with Crippen LogP contribution in [0.2, 0.25) is 0 Å². The number of benzene rings is 2. The molecule has 2 rings (SSSR count). The van der Waals surface area contributed by atoms with E-state index in [1.54, 1.807) is 18.2 Å². The lowest BCUT2D eigenvalue weighted by molar-refractivity contribution is 0.440. The van der Waals surface area contributed by atoms with Crippen molar-refractivity contribution in [2.75, 3.05) is 0 Å². The van der Waals surface area contributed by atoms with Crippen LogP contribution in [0.25, 0.3) is 10.8 Å². The summed E-state index contributed by atoms with van der Waals surface area (Å²) < 4.78 is 25.8. The first-order valence-electron chi connectivity index (χ1n) is 5.11. The van der Waals surface area contributed by atoms with Crippen LogP contribution in [0.15, 0.2) is 49.1 Å². The highest BCUT2D eigenvalue weighted by atomic mass is 32.2. The molecule has 0 radical (unpaired) electrons. The minimum atomic E-state index is -2.55. The standard InChI is InChI=1S/C13H12O3S/c1-2-5-10-8-12(16-17(14)15)9-11-6-3-4-7-13(10)11/h2-4,6-9H,1,5H2,(H,14,15)/p-1. The summed E-state index contributed by atoms with van der Waals surface area (Å²) in [5, 5.41) is 2.03. The summed E-state index contributed by atoms with van der Waals surface area (Å²) in [6.07, 6.45) is 2.45. The summed E-state index contributed by atoms with van der Waals surface area (Å²) in [6.45, 7) is 3.69. The maximum atomic E-state index is 10.5. The molecule has 0 aromatic heterocycles. The lowest BCUT2D eigenvalue weighted by atomic mass is 10.0. The largest absolute Gasteiger partial charge is 0.740 e. The molecule has 0 heterocycles.